The van der Waals surface area contributed by atoms with Gasteiger partial charge in [-0.3, -0.25) is 9.59 Å². The molecule has 66 heavy (non-hydrogen) atoms. The van der Waals surface area contributed by atoms with Crippen molar-refractivity contribution in [2.45, 2.75) is 335 Å². The molecule has 1 atom stereocenters. The molecule has 0 rings (SSSR count). The average Bonchev–Trinajstić information content (AvgIpc) is 3.32. The van der Waals surface area contributed by atoms with Gasteiger partial charge in [-0.2, -0.15) is 0 Å². The van der Waals surface area contributed by atoms with Crippen LogP contribution in [0.5, 0.6) is 0 Å². The van der Waals surface area contributed by atoms with Crippen LogP contribution in [0, 0.1) is 0 Å². The predicted molar refractivity (Wildman–Crippen MR) is 289 cm³/mol. The molecule has 0 aromatic rings. The zero-order chi connectivity index (χ0) is 47.7. The van der Waals surface area contributed by atoms with Gasteiger partial charge in [0.05, 0.1) is 6.61 Å². The Morgan fingerprint density at radius 2 is 0.606 bits per heavy atom. The maximum Gasteiger partial charge on any atom is 0.306 e. The smallest absolute Gasteiger partial charge is 0.306 e. The number of hydrogen-bond donors (Lipinski definition) is 0. The molecule has 0 amide bonds. The van der Waals surface area contributed by atoms with Gasteiger partial charge in [-0.05, 0) is 64.2 Å². The number of allylic oxidation sites excluding steroid dienone is 4. The summed E-state index contributed by atoms with van der Waals surface area (Å²) in [4.78, 5) is 25.5. The number of ether oxygens (including phenoxy) is 3. The molecule has 0 aromatic heterocycles. The van der Waals surface area contributed by atoms with Gasteiger partial charge in [0.2, 0.25) is 0 Å². The van der Waals surface area contributed by atoms with E-state index in [1.54, 1.807) is 0 Å². The first-order valence-electron chi connectivity index (χ1n) is 29.9. The summed E-state index contributed by atoms with van der Waals surface area (Å²) < 4.78 is 17.5. The van der Waals surface area contributed by atoms with E-state index in [4.69, 9.17) is 14.2 Å². The van der Waals surface area contributed by atoms with Gasteiger partial charge in [0, 0.05) is 19.4 Å². The van der Waals surface area contributed by atoms with Crippen molar-refractivity contribution in [2.24, 2.45) is 0 Å². The van der Waals surface area contributed by atoms with Crippen LogP contribution in [-0.4, -0.2) is 37.9 Å². The second kappa shape index (κ2) is 57.7. The van der Waals surface area contributed by atoms with E-state index in [1.165, 1.54) is 250 Å². The van der Waals surface area contributed by atoms with Crippen molar-refractivity contribution in [1.29, 1.82) is 0 Å². The van der Waals surface area contributed by atoms with Crippen LogP contribution in [0.4, 0.5) is 0 Å². The normalized spacial score (nSPS) is 12.2. The lowest BCUT2D eigenvalue weighted by Crippen LogP contribution is -2.30. The van der Waals surface area contributed by atoms with Crippen LogP contribution in [-0.2, 0) is 23.8 Å². The van der Waals surface area contributed by atoms with E-state index in [1.807, 2.05) is 0 Å². The number of hydrogen-bond acceptors (Lipinski definition) is 5. The van der Waals surface area contributed by atoms with Crippen LogP contribution in [0.25, 0.3) is 0 Å². The standard InChI is InChI=1S/C61H116O5/c1-4-7-10-13-16-19-22-24-26-28-30-32-34-36-38-41-44-47-50-53-56-64-57-59(66-61(63)55-52-49-46-43-39-21-18-15-12-9-6-3)58-65-60(62)54-51-48-45-42-40-37-35-33-31-29-27-25-23-20-17-14-11-8-5-2/h15,18,25,27,59H,4-14,16-17,19-24,26,28-58H2,1-3H3/b18-15-,27-25-. The summed E-state index contributed by atoms with van der Waals surface area (Å²) >= 11 is 0. The fourth-order valence-corrected chi connectivity index (χ4v) is 8.96. The fraction of sp³-hybridized carbons (Fsp3) is 0.902. The highest BCUT2D eigenvalue weighted by Gasteiger charge is 2.17. The van der Waals surface area contributed by atoms with Crippen molar-refractivity contribution in [2.75, 3.05) is 19.8 Å². The molecular formula is C61H116O5. The average molecular weight is 930 g/mol. The van der Waals surface area contributed by atoms with Crippen molar-refractivity contribution in [3.63, 3.8) is 0 Å². The third kappa shape index (κ3) is 55.0. The molecule has 0 aliphatic rings. The summed E-state index contributed by atoms with van der Waals surface area (Å²) in [7, 11) is 0. The van der Waals surface area contributed by atoms with Crippen LogP contribution in [0.2, 0.25) is 0 Å². The highest BCUT2D eigenvalue weighted by atomic mass is 16.6. The van der Waals surface area contributed by atoms with Gasteiger partial charge in [-0.25, -0.2) is 0 Å². The van der Waals surface area contributed by atoms with Crippen molar-refractivity contribution in [1.82, 2.24) is 0 Å². The highest BCUT2D eigenvalue weighted by molar-refractivity contribution is 5.70. The van der Waals surface area contributed by atoms with Gasteiger partial charge in [0.1, 0.15) is 6.61 Å². The second-order valence-corrected chi connectivity index (χ2v) is 20.3. The SMILES string of the molecule is CCCC/C=C\CCCCCCCC(=O)OC(COCCCCCCCCCCCCCCCCCCCCCC)COC(=O)CCCCCCCCCCC/C=C\CCCCCCCC. The van der Waals surface area contributed by atoms with Gasteiger partial charge < -0.3 is 14.2 Å². The lowest BCUT2D eigenvalue weighted by atomic mass is 10.0. The quantitative estimate of drug-likeness (QED) is 0.0345. The molecule has 390 valence electrons. The molecule has 0 aliphatic heterocycles. The van der Waals surface area contributed by atoms with E-state index < -0.39 is 6.10 Å². The zero-order valence-electron chi connectivity index (χ0n) is 45.0. The minimum absolute atomic E-state index is 0.0878. The van der Waals surface area contributed by atoms with Crippen molar-refractivity contribution in [3.8, 4) is 0 Å². The molecule has 0 bridgehead atoms. The van der Waals surface area contributed by atoms with Crippen LogP contribution in [0.15, 0.2) is 24.3 Å². The molecule has 0 N–H and O–H groups in total. The molecule has 0 heterocycles. The molecule has 5 nitrogen and oxygen atoms in total. The first-order valence-corrected chi connectivity index (χ1v) is 29.9. The Bertz CT molecular complexity index is 1010. The predicted octanol–water partition coefficient (Wildman–Crippen LogP) is 20.4. The second-order valence-electron chi connectivity index (χ2n) is 20.3. The Morgan fingerprint density at radius 3 is 0.970 bits per heavy atom. The molecule has 0 spiro atoms. The minimum Gasteiger partial charge on any atom is -0.462 e. The number of carbonyl (C=O) groups excluding carboxylic acids is 2. The summed E-state index contributed by atoms with van der Waals surface area (Å²) in [5, 5.41) is 0. The molecule has 0 aliphatic carbocycles. The number of rotatable bonds is 56. The fourth-order valence-electron chi connectivity index (χ4n) is 8.96. The van der Waals surface area contributed by atoms with Gasteiger partial charge >= 0.3 is 11.9 Å². The summed E-state index contributed by atoms with van der Waals surface area (Å²) in [6.45, 7) is 7.85. The number of esters is 2. The molecule has 0 radical (unpaired) electrons. The van der Waals surface area contributed by atoms with Crippen LogP contribution >= 0.6 is 0 Å². The van der Waals surface area contributed by atoms with Crippen LogP contribution in [0.3, 0.4) is 0 Å². The molecule has 1 unspecified atom stereocenters. The minimum atomic E-state index is -0.535. The summed E-state index contributed by atoms with van der Waals surface area (Å²) in [6.07, 6.45) is 69.3. The number of carbonyl (C=O) groups is 2. The lowest BCUT2D eigenvalue weighted by molar-refractivity contribution is -0.163. The first-order chi connectivity index (χ1) is 32.6. The van der Waals surface area contributed by atoms with Gasteiger partial charge in [0.25, 0.3) is 0 Å². The largest absolute Gasteiger partial charge is 0.462 e. The maximum absolute atomic E-state index is 12.8. The maximum atomic E-state index is 12.8. The summed E-state index contributed by atoms with van der Waals surface area (Å²) in [6, 6.07) is 0. The Hall–Kier alpha value is -1.62. The van der Waals surface area contributed by atoms with Crippen molar-refractivity contribution >= 4 is 11.9 Å². The van der Waals surface area contributed by atoms with E-state index in [0.717, 1.165) is 44.9 Å². The highest BCUT2D eigenvalue weighted by Crippen LogP contribution is 2.17. The Morgan fingerprint density at radius 1 is 0.318 bits per heavy atom. The lowest BCUT2D eigenvalue weighted by Gasteiger charge is -2.18. The Labute approximate surface area is 413 Å². The van der Waals surface area contributed by atoms with Crippen molar-refractivity contribution < 1.29 is 23.8 Å². The van der Waals surface area contributed by atoms with E-state index >= 15 is 0 Å². The van der Waals surface area contributed by atoms with E-state index in [-0.39, 0.29) is 18.5 Å². The van der Waals surface area contributed by atoms with E-state index in [0.29, 0.717) is 26.1 Å². The Balaban J connectivity index is 4.14. The van der Waals surface area contributed by atoms with Gasteiger partial charge in [0.15, 0.2) is 6.10 Å². The molecule has 0 saturated heterocycles. The molecular weight excluding hydrogens is 813 g/mol. The first kappa shape index (κ1) is 64.4. The molecule has 0 fully saturated rings. The van der Waals surface area contributed by atoms with Crippen LogP contribution < -0.4 is 0 Å². The van der Waals surface area contributed by atoms with E-state index in [9.17, 15) is 9.59 Å². The van der Waals surface area contributed by atoms with Gasteiger partial charge in [-0.1, -0.05) is 276 Å². The monoisotopic (exact) mass is 929 g/mol. The van der Waals surface area contributed by atoms with Crippen molar-refractivity contribution in [3.05, 3.63) is 24.3 Å². The van der Waals surface area contributed by atoms with Crippen LogP contribution in [0.1, 0.15) is 329 Å². The Kier molecular flexibility index (Phi) is 56.3. The van der Waals surface area contributed by atoms with Gasteiger partial charge in [-0.15, -0.1) is 0 Å². The summed E-state index contributed by atoms with van der Waals surface area (Å²) in [5.41, 5.74) is 0. The number of unbranched alkanes of at least 4 members (excludes halogenated alkanes) is 41. The van der Waals surface area contributed by atoms with E-state index in [2.05, 4.69) is 45.1 Å². The topological polar surface area (TPSA) is 61.8 Å². The molecule has 0 aromatic carbocycles. The molecule has 0 saturated carbocycles. The zero-order valence-corrected chi connectivity index (χ0v) is 45.0. The molecule has 5 heteroatoms. The third-order valence-corrected chi connectivity index (χ3v) is 13.5. The summed E-state index contributed by atoms with van der Waals surface area (Å²) in [5.74, 6) is -0.390. The third-order valence-electron chi connectivity index (χ3n) is 13.5.